The second-order valence-corrected chi connectivity index (χ2v) is 4.37. The van der Waals surface area contributed by atoms with Gasteiger partial charge in [-0.1, -0.05) is 6.07 Å². The topological polar surface area (TPSA) is 144 Å². The second kappa shape index (κ2) is 9.16. The van der Waals surface area contributed by atoms with Gasteiger partial charge in [-0.3, -0.25) is 4.79 Å². The minimum atomic E-state index is -4.95. The van der Waals surface area contributed by atoms with Crippen LogP contribution in [-0.2, 0) is 26.4 Å². The molecule has 0 fully saturated rings. The first-order valence-corrected chi connectivity index (χ1v) is 6.22. The van der Waals surface area contributed by atoms with E-state index in [9.17, 15) is 22.9 Å². The van der Waals surface area contributed by atoms with Crippen LogP contribution in [0, 0.1) is 0 Å². The van der Waals surface area contributed by atoms with Gasteiger partial charge in [-0.15, -0.1) is 0 Å². The molecule has 0 bridgehead atoms. The van der Waals surface area contributed by atoms with Gasteiger partial charge in [-0.25, -0.2) is 8.42 Å². The van der Waals surface area contributed by atoms with Crippen molar-refractivity contribution in [2.24, 2.45) is 0 Å². The van der Waals surface area contributed by atoms with Crippen molar-refractivity contribution in [3.8, 4) is 11.5 Å². The summed E-state index contributed by atoms with van der Waals surface area (Å²) in [6.07, 6.45) is 0.301. The van der Waals surface area contributed by atoms with E-state index in [2.05, 4.69) is 4.18 Å². The first-order chi connectivity index (χ1) is 8.28. The van der Waals surface area contributed by atoms with E-state index >= 15 is 0 Å². The Bertz CT molecular complexity index is 542. The number of benzene rings is 1. The number of carbonyl (C=O) groups excluding carboxylic acids is 1. The Kier molecular flexibility index (Phi) is 9.83. The van der Waals surface area contributed by atoms with Crippen LogP contribution in [0.2, 0.25) is 0 Å². The van der Waals surface area contributed by atoms with Gasteiger partial charge in [0, 0.05) is 13.3 Å². The molecule has 1 aromatic carbocycles. The van der Waals surface area contributed by atoms with Gasteiger partial charge in [0.2, 0.25) is 0 Å². The first-order valence-electron chi connectivity index (χ1n) is 4.88. The van der Waals surface area contributed by atoms with Crippen LogP contribution in [0.1, 0.15) is 12.5 Å². The SMILES string of the molecule is CC(=O)OCCc1ccc(O)c(OS(=O)(=O)[O-])c1.O.[Na+]. The summed E-state index contributed by atoms with van der Waals surface area (Å²) < 4.78 is 40.0. The van der Waals surface area contributed by atoms with Crippen LogP contribution in [0.25, 0.3) is 0 Å². The van der Waals surface area contributed by atoms with Gasteiger partial charge in [0.25, 0.3) is 10.4 Å². The molecule has 1 aromatic rings. The van der Waals surface area contributed by atoms with Crippen LogP contribution in [0.4, 0.5) is 0 Å². The molecule has 0 aliphatic rings. The molecule has 0 unspecified atom stereocenters. The van der Waals surface area contributed by atoms with Crippen molar-refractivity contribution in [1.29, 1.82) is 0 Å². The number of hydrogen-bond donors (Lipinski definition) is 1. The Hall–Kier alpha value is -0.840. The van der Waals surface area contributed by atoms with Gasteiger partial charge in [-0.2, -0.15) is 0 Å². The van der Waals surface area contributed by atoms with Crippen molar-refractivity contribution in [3.05, 3.63) is 23.8 Å². The molecule has 8 nitrogen and oxygen atoms in total. The molecule has 108 valence electrons. The Morgan fingerprint density at radius 3 is 2.50 bits per heavy atom. The smallest absolute Gasteiger partial charge is 0.716 e. The Morgan fingerprint density at radius 1 is 1.40 bits per heavy atom. The number of phenols is 1. The molecule has 20 heavy (non-hydrogen) atoms. The zero-order valence-electron chi connectivity index (χ0n) is 11.0. The standard InChI is InChI=1S/C10H12O7S.Na.H2O/c1-7(11)16-5-4-8-2-3-9(12)10(6-8)17-18(13,14)15;;/h2-3,6,12H,4-5H2,1H3,(H,13,14,15);;1H2/q;+1;/p-1. The number of ether oxygens (including phenoxy) is 1. The zero-order chi connectivity index (χ0) is 13.8. The third kappa shape index (κ3) is 8.35. The molecule has 10 heteroatoms. The molecule has 0 aliphatic heterocycles. The number of phenolic OH excluding ortho intramolecular Hbond substituents is 1. The largest absolute Gasteiger partial charge is 1.00 e. The van der Waals surface area contributed by atoms with E-state index in [1.165, 1.54) is 25.1 Å². The van der Waals surface area contributed by atoms with Crippen LogP contribution in [0.3, 0.4) is 0 Å². The number of rotatable bonds is 5. The summed E-state index contributed by atoms with van der Waals surface area (Å²) >= 11 is 0. The van der Waals surface area contributed by atoms with Crippen molar-refractivity contribution >= 4 is 16.4 Å². The molecule has 0 saturated carbocycles. The maximum atomic E-state index is 10.5. The molecule has 0 heterocycles. The van der Waals surface area contributed by atoms with Gasteiger partial charge in [0.05, 0.1) is 6.61 Å². The Labute approximate surface area is 138 Å². The summed E-state index contributed by atoms with van der Waals surface area (Å²) in [6, 6.07) is 3.86. The first kappa shape index (κ1) is 21.5. The average Bonchev–Trinajstić information content (AvgIpc) is 2.20. The quantitative estimate of drug-likeness (QED) is 0.257. The van der Waals surface area contributed by atoms with E-state index in [1.54, 1.807) is 0 Å². The number of hydrogen-bond acceptors (Lipinski definition) is 7. The summed E-state index contributed by atoms with van der Waals surface area (Å²) in [5, 5.41) is 9.30. The molecular formula is C10H13NaO8S. The molecule has 0 spiro atoms. The van der Waals surface area contributed by atoms with E-state index < -0.39 is 27.9 Å². The van der Waals surface area contributed by atoms with E-state index in [1.807, 2.05) is 0 Å². The Balaban J connectivity index is 0. The summed E-state index contributed by atoms with van der Waals surface area (Å²) in [4.78, 5) is 10.5. The summed E-state index contributed by atoms with van der Waals surface area (Å²) in [7, 11) is -4.95. The van der Waals surface area contributed by atoms with Gasteiger partial charge < -0.3 is 24.1 Å². The third-order valence-corrected chi connectivity index (χ3v) is 2.30. The molecule has 3 N–H and O–H groups in total. The minimum Gasteiger partial charge on any atom is -0.716 e. The Morgan fingerprint density at radius 2 is 2.00 bits per heavy atom. The van der Waals surface area contributed by atoms with Crippen molar-refractivity contribution < 1.29 is 66.8 Å². The predicted octanol–water partition coefficient (Wildman–Crippen LogP) is -3.48. The van der Waals surface area contributed by atoms with E-state index in [-0.39, 0.29) is 41.6 Å². The minimum absolute atomic E-state index is 0. The third-order valence-electron chi connectivity index (χ3n) is 1.91. The molecule has 0 aromatic heterocycles. The van der Waals surface area contributed by atoms with Crippen molar-refractivity contribution in [1.82, 2.24) is 0 Å². The predicted molar refractivity (Wildman–Crippen MR) is 62.4 cm³/mol. The summed E-state index contributed by atoms with van der Waals surface area (Å²) in [5.74, 6) is -1.36. The van der Waals surface area contributed by atoms with E-state index in [4.69, 9.17) is 4.74 Å². The summed E-state index contributed by atoms with van der Waals surface area (Å²) in [6.45, 7) is 1.36. The van der Waals surface area contributed by atoms with E-state index in [0.29, 0.717) is 12.0 Å². The monoisotopic (exact) mass is 316 g/mol. The number of esters is 1. The maximum Gasteiger partial charge on any atom is 1.00 e. The average molecular weight is 316 g/mol. The van der Waals surface area contributed by atoms with Crippen LogP contribution >= 0.6 is 0 Å². The fourth-order valence-electron chi connectivity index (χ4n) is 1.20. The van der Waals surface area contributed by atoms with Crippen molar-refractivity contribution in [2.75, 3.05) is 6.61 Å². The second-order valence-electron chi connectivity index (χ2n) is 3.38. The van der Waals surface area contributed by atoms with Crippen LogP contribution in [0.15, 0.2) is 18.2 Å². The molecular weight excluding hydrogens is 303 g/mol. The fraction of sp³-hybridized carbons (Fsp3) is 0.300. The summed E-state index contributed by atoms with van der Waals surface area (Å²) in [5.41, 5.74) is 0.549. The number of carbonyl (C=O) groups is 1. The molecule has 0 saturated heterocycles. The number of aromatic hydroxyl groups is 1. The van der Waals surface area contributed by atoms with Crippen LogP contribution in [0.5, 0.6) is 11.5 Å². The normalized spacial score (nSPS) is 9.90. The zero-order valence-corrected chi connectivity index (χ0v) is 13.8. The van der Waals surface area contributed by atoms with Crippen molar-refractivity contribution in [2.45, 2.75) is 13.3 Å². The van der Waals surface area contributed by atoms with Crippen LogP contribution < -0.4 is 33.7 Å². The van der Waals surface area contributed by atoms with Gasteiger partial charge in [0.15, 0.2) is 11.5 Å². The van der Waals surface area contributed by atoms with Gasteiger partial charge >= 0.3 is 35.5 Å². The van der Waals surface area contributed by atoms with Crippen molar-refractivity contribution in [3.63, 3.8) is 0 Å². The molecule has 0 amide bonds. The van der Waals surface area contributed by atoms with E-state index in [0.717, 1.165) is 0 Å². The van der Waals surface area contributed by atoms with Crippen LogP contribution in [-0.4, -0.2) is 36.1 Å². The molecule has 1 rings (SSSR count). The molecule has 0 atom stereocenters. The maximum absolute atomic E-state index is 10.5. The van der Waals surface area contributed by atoms with Gasteiger partial charge in [0.1, 0.15) is 0 Å². The van der Waals surface area contributed by atoms with Gasteiger partial charge in [-0.05, 0) is 17.7 Å². The fourth-order valence-corrected chi connectivity index (χ4v) is 1.56. The molecule has 0 aliphatic carbocycles. The molecule has 0 radical (unpaired) electrons.